The smallest absolute Gasteiger partial charge is 0.326 e. The molecule has 11 nitrogen and oxygen atoms in total. The van der Waals surface area contributed by atoms with Gasteiger partial charge in [-0.15, -0.1) is 0 Å². The number of rotatable bonds is 10. The quantitative estimate of drug-likeness (QED) is 0.299. The van der Waals surface area contributed by atoms with Crippen LogP contribution in [-0.4, -0.2) is 75.5 Å². The van der Waals surface area contributed by atoms with Crippen LogP contribution in [0.25, 0.3) is 0 Å². The number of carbonyl (C=O) groups is 5. The third-order valence-electron chi connectivity index (χ3n) is 4.57. The Morgan fingerprint density at radius 2 is 1.62 bits per heavy atom. The van der Waals surface area contributed by atoms with E-state index in [9.17, 15) is 29.1 Å². The molecular weight excluding hydrogens is 384 g/mol. The topological polar surface area (TPSA) is 179 Å². The first-order valence-electron chi connectivity index (χ1n) is 9.55. The second kappa shape index (κ2) is 10.7. The van der Waals surface area contributed by atoms with Gasteiger partial charge in [0.05, 0.1) is 12.5 Å². The molecule has 0 radical (unpaired) electrons. The summed E-state index contributed by atoms with van der Waals surface area (Å²) in [5.74, 6) is -4.54. The molecule has 4 atom stereocenters. The van der Waals surface area contributed by atoms with Gasteiger partial charge in [0.1, 0.15) is 18.1 Å². The molecule has 3 amide bonds. The summed E-state index contributed by atoms with van der Waals surface area (Å²) in [4.78, 5) is 61.0. The Hall–Kier alpha value is -2.69. The number of carboxylic acids is 2. The van der Waals surface area contributed by atoms with E-state index in [2.05, 4.69) is 10.6 Å². The van der Waals surface area contributed by atoms with E-state index in [0.717, 1.165) is 4.90 Å². The van der Waals surface area contributed by atoms with E-state index in [1.165, 1.54) is 6.92 Å². The molecule has 6 N–H and O–H groups in total. The van der Waals surface area contributed by atoms with Crippen molar-refractivity contribution < 1.29 is 34.2 Å². The van der Waals surface area contributed by atoms with Crippen molar-refractivity contribution in [3.63, 3.8) is 0 Å². The number of amides is 3. The Labute approximate surface area is 169 Å². The van der Waals surface area contributed by atoms with E-state index in [1.807, 2.05) is 13.8 Å². The molecule has 0 aromatic carbocycles. The van der Waals surface area contributed by atoms with Crippen LogP contribution in [0, 0.1) is 5.92 Å². The van der Waals surface area contributed by atoms with Gasteiger partial charge in [-0.25, -0.2) is 4.79 Å². The van der Waals surface area contributed by atoms with Gasteiger partial charge in [0.15, 0.2) is 0 Å². The van der Waals surface area contributed by atoms with Gasteiger partial charge in [-0.3, -0.25) is 19.2 Å². The number of likely N-dealkylation sites (tertiary alicyclic amines) is 1. The van der Waals surface area contributed by atoms with Crippen LogP contribution in [0.1, 0.15) is 46.5 Å². The summed E-state index contributed by atoms with van der Waals surface area (Å²) in [5, 5.41) is 23.3. The molecule has 164 valence electrons. The largest absolute Gasteiger partial charge is 0.481 e. The first-order chi connectivity index (χ1) is 13.4. The number of hydrogen-bond donors (Lipinski definition) is 5. The first-order valence-corrected chi connectivity index (χ1v) is 9.55. The third kappa shape index (κ3) is 7.33. The lowest BCUT2D eigenvalue weighted by Crippen LogP contribution is -2.57. The minimum absolute atomic E-state index is 0.0164. The molecule has 1 aliphatic rings. The number of aliphatic carboxylic acids is 2. The van der Waals surface area contributed by atoms with Crippen LogP contribution in [0.4, 0.5) is 0 Å². The van der Waals surface area contributed by atoms with Crippen molar-refractivity contribution in [3.8, 4) is 0 Å². The van der Waals surface area contributed by atoms with Crippen molar-refractivity contribution in [1.82, 2.24) is 15.5 Å². The maximum atomic E-state index is 12.8. The third-order valence-corrected chi connectivity index (χ3v) is 4.57. The molecule has 1 saturated heterocycles. The van der Waals surface area contributed by atoms with Gasteiger partial charge in [-0.1, -0.05) is 13.8 Å². The highest BCUT2D eigenvalue weighted by atomic mass is 16.4. The van der Waals surface area contributed by atoms with Gasteiger partial charge in [0.25, 0.3) is 0 Å². The summed E-state index contributed by atoms with van der Waals surface area (Å²) in [7, 11) is 0. The van der Waals surface area contributed by atoms with Crippen LogP contribution in [0.15, 0.2) is 0 Å². The second-order valence-corrected chi connectivity index (χ2v) is 7.67. The number of nitrogens with two attached hydrogens (primary N) is 1. The van der Waals surface area contributed by atoms with E-state index in [0.29, 0.717) is 6.42 Å². The molecule has 0 spiro atoms. The zero-order chi connectivity index (χ0) is 22.3. The van der Waals surface area contributed by atoms with Gasteiger partial charge in [0, 0.05) is 6.54 Å². The van der Waals surface area contributed by atoms with Crippen LogP contribution < -0.4 is 16.4 Å². The first kappa shape index (κ1) is 24.3. The lowest BCUT2D eigenvalue weighted by atomic mass is 10.0. The molecule has 29 heavy (non-hydrogen) atoms. The summed E-state index contributed by atoms with van der Waals surface area (Å²) >= 11 is 0. The van der Waals surface area contributed by atoms with Gasteiger partial charge in [0.2, 0.25) is 17.7 Å². The summed E-state index contributed by atoms with van der Waals surface area (Å²) in [6, 6.07) is -4.36. The number of nitrogens with zero attached hydrogens (tertiary/aromatic N) is 1. The minimum Gasteiger partial charge on any atom is -0.481 e. The van der Waals surface area contributed by atoms with E-state index < -0.39 is 60.2 Å². The van der Waals surface area contributed by atoms with Crippen LogP contribution in [0.3, 0.4) is 0 Å². The van der Waals surface area contributed by atoms with Crippen LogP contribution in [0.5, 0.6) is 0 Å². The Kier molecular flexibility index (Phi) is 9.02. The monoisotopic (exact) mass is 414 g/mol. The van der Waals surface area contributed by atoms with Crippen molar-refractivity contribution in [2.75, 3.05) is 6.54 Å². The normalized spacial score (nSPS) is 19.3. The average molecular weight is 414 g/mol. The van der Waals surface area contributed by atoms with Gasteiger partial charge in [-0.2, -0.15) is 0 Å². The molecule has 0 saturated carbocycles. The molecule has 1 rings (SSSR count). The van der Waals surface area contributed by atoms with Crippen molar-refractivity contribution in [1.29, 1.82) is 0 Å². The van der Waals surface area contributed by atoms with Crippen molar-refractivity contribution >= 4 is 29.7 Å². The van der Waals surface area contributed by atoms with E-state index in [-0.39, 0.29) is 25.3 Å². The Morgan fingerprint density at radius 3 is 2.10 bits per heavy atom. The van der Waals surface area contributed by atoms with Crippen molar-refractivity contribution in [2.45, 2.75) is 70.6 Å². The molecule has 0 bridgehead atoms. The van der Waals surface area contributed by atoms with Crippen LogP contribution in [0.2, 0.25) is 0 Å². The van der Waals surface area contributed by atoms with Gasteiger partial charge in [-0.05, 0) is 32.1 Å². The molecule has 11 heteroatoms. The van der Waals surface area contributed by atoms with E-state index in [1.54, 1.807) is 0 Å². The minimum atomic E-state index is -1.44. The SMILES string of the molecule is CC(C)CC(NC(=O)C(C)N)C(=O)NC(CC(=O)O)C(=O)N1CCCC1C(=O)O. The predicted octanol–water partition coefficient (Wildman–Crippen LogP) is -1.10. The zero-order valence-corrected chi connectivity index (χ0v) is 16.9. The highest BCUT2D eigenvalue weighted by Gasteiger charge is 2.39. The molecular formula is C18H30N4O7. The lowest BCUT2D eigenvalue weighted by Gasteiger charge is -2.28. The lowest BCUT2D eigenvalue weighted by molar-refractivity contribution is -0.150. The van der Waals surface area contributed by atoms with E-state index in [4.69, 9.17) is 10.8 Å². The molecule has 0 aromatic heterocycles. The molecule has 1 heterocycles. The summed E-state index contributed by atoms with van der Waals surface area (Å²) in [5.41, 5.74) is 5.52. The predicted molar refractivity (Wildman–Crippen MR) is 102 cm³/mol. The number of carboxylic acid groups (broad SMARTS) is 2. The Morgan fingerprint density at radius 1 is 1.03 bits per heavy atom. The molecule has 1 fully saturated rings. The van der Waals surface area contributed by atoms with Crippen molar-refractivity contribution in [3.05, 3.63) is 0 Å². The molecule has 0 aliphatic carbocycles. The van der Waals surface area contributed by atoms with Crippen LogP contribution in [-0.2, 0) is 24.0 Å². The average Bonchev–Trinajstić information content (AvgIpc) is 3.08. The molecule has 1 aliphatic heterocycles. The number of nitrogens with one attached hydrogen (secondary N) is 2. The maximum absolute atomic E-state index is 12.8. The summed E-state index contributed by atoms with van der Waals surface area (Å²) in [6.45, 7) is 5.29. The standard InChI is InChI=1S/C18H30N4O7/c1-9(2)7-11(20-15(25)10(3)19)16(26)21-12(8-14(23)24)17(27)22-6-4-5-13(22)18(28)29/h9-13H,4-8,19H2,1-3H3,(H,20,25)(H,21,26)(H,23,24)(H,28,29). The van der Waals surface area contributed by atoms with Gasteiger partial charge < -0.3 is 31.5 Å². The molecule has 4 unspecified atom stereocenters. The number of hydrogen-bond acceptors (Lipinski definition) is 6. The fourth-order valence-electron chi connectivity index (χ4n) is 3.14. The number of carbonyl (C=O) groups excluding carboxylic acids is 3. The fourth-order valence-corrected chi connectivity index (χ4v) is 3.14. The Bertz CT molecular complexity index is 650. The summed E-state index contributed by atoms with van der Waals surface area (Å²) < 4.78 is 0. The fraction of sp³-hybridized carbons (Fsp3) is 0.722. The summed E-state index contributed by atoms with van der Waals surface area (Å²) in [6.07, 6.45) is 0.273. The zero-order valence-electron chi connectivity index (χ0n) is 16.9. The van der Waals surface area contributed by atoms with Crippen LogP contribution >= 0.6 is 0 Å². The maximum Gasteiger partial charge on any atom is 0.326 e. The highest BCUT2D eigenvalue weighted by Crippen LogP contribution is 2.19. The van der Waals surface area contributed by atoms with Gasteiger partial charge >= 0.3 is 11.9 Å². The molecule has 0 aromatic rings. The second-order valence-electron chi connectivity index (χ2n) is 7.67. The highest BCUT2D eigenvalue weighted by molar-refractivity contribution is 5.95. The van der Waals surface area contributed by atoms with E-state index >= 15 is 0 Å². The Balaban J connectivity index is 2.99. The van der Waals surface area contributed by atoms with Crippen molar-refractivity contribution in [2.24, 2.45) is 11.7 Å².